The third-order valence-electron chi connectivity index (χ3n) is 4.09. The zero-order valence-corrected chi connectivity index (χ0v) is 11.3. The maximum Gasteiger partial charge on any atom is 0.310 e. The summed E-state index contributed by atoms with van der Waals surface area (Å²) >= 11 is 0. The number of carboxylic acids is 1. The van der Waals surface area contributed by atoms with E-state index in [9.17, 15) is 9.90 Å². The summed E-state index contributed by atoms with van der Waals surface area (Å²) in [5, 5.41) is 9.26. The number of benzene rings is 1. The number of rotatable bonds is 3. The Kier molecular flexibility index (Phi) is 3.44. The van der Waals surface area contributed by atoms with E-state index in [0.29, 0.717) is 6.54 Å². The summed E-state index contributed by atoms with van der Waals surface area (Å²) in [6, 6.07) is 8.73. The van der Waals surface area contributed by atoms with E-state index in [1.165, 1.54) is 11.1 Å². The molecule has 0 amide bonds. The lowest BCUT2D eigenvalue weighted by atomic mass is 9.90. The van der Waals surface area contributed by atoms with Gasteiger partial charge in [0.15, 0.2) is 0 Å². The second kappa shape index (κ2) is 4.73. The Hall–Kier alpha value is -1.35. The van der Waals surface area contributed by atoms with E-state index in [1.54, 1.807) is 0 Å². The molecule has 18 heavy (non-hydrogen) atoms. The smallest absolute Gasteiger partial charge is 0.310 e. The molecule has 0 saturated carbocycles. The lowest BCUT2D eigenvalue weighted by Crippen LogP contribution is -2.32. The van der Waals surface area contributed by atoms with Crippen molar-refractivity contribution in [3.63, 3.8) is 0 Å². The number of hydrogen-bond acceptors (Lipinski definition) is 2. The van der Waals surface area contributed by atoms with E-state index in [0.717, 1.165) is 13.0 Å². The van der Waals surface area contributed by atoms with Crippen molar-refractivity contribution in [2.45, 2.75) is 33.2 Å². The molecule has 1 aliphatic heterocycles. The second-order valence-electron chi connectivity index (χ2n) is 5.68. The normalized spacial score (nSPS) is 26.2. The first-order chi connectivity index (χ1) is 8.42. The quantitative estimate of drug-likeness (QED) is 0.893. The molecule has 1 N–H and O–H groups in total. The summed E-state index contributed by atoms with van der Waals surface area (Å²) in [4.78, 5) is 13.5. The highest BCUT2D eigenvalue weighted by atomic mass is 16.4. The number of hydrogen-bond donors (Lipinski definition) is 1. The number of nitrogens with zero attached hydrogens (tertiary/aromatic N) is 1. The summed E-state index contributed by atoms with van der Waals surface area (Å²) in [7, 11) is 0. The summed E-state index contributed by atoms with van der Waals surface area (Å²) in [6.07, 6.45) is 0.735. The van der Waals surface area contributed by atoms with Crippen molar-refractivity contribution in [2.75, 3.05) is 13.1 Å². The predicted molar refractivity (Wildman–Crippen MR) is 71.5 cm³/mol. The molecule has 0 spiro atoms. The number of carboxylic acid groups (broad SMARTS) is 1. The molecule has 1 fully saturated rings. The van der Waals surface area contributed by atoms with Crippen LogP contribution < -0.4 is 0 Å². The summed E-state index contributed by atoms with van der Waals surface area (Å²) in [5.74, 6) is -0.679. The van der Waals surface area contributed by atoms with Gasteiger partial charge < -0.3 is 5.11 Å². The molecule has 2 rings (SSSR count). The lowest BCUT2D eigenvalue weighted by Gasteiger charge is -2.26. The fourth-order valence-electron chi connectivity index (χ4n) is 2.64. The van der Waals surface area contributed by atoms with Crippen LogP contribution in [0.15, 0.2) is 24.3 Å². The molecular weight excluding hydrogens is 226 g/mol. The van der Waals surface area contributed by atoms with Gasteiger partial charge in [-0.2, -0.15) is 0 Å². The average molecular weight is 247 g/mol. The van der Waals surface area contributed by atoms with Crippen LogP contribution >= 0.6 is 0 Å². The maximum atomic E-state index is 11.3. The van der Waals surface area contributed by atoms with E-state index >= 15 is 0 Å². The molecule has 3 nitrogen and oxygen atoms in total. The molecule has 1 aliphatic rings. The largest absolute Gasteiger partial charge is 0.481 e. The van der Waals surface area contributed by atoms with Crippen LogP contribution in [0.1, 0.15) is 37.4 Å². The molecule has 98 valence electrons. The Labute approximate surface area is 108 Å². The van der Waals surface area contributed by atoms with Crippen LogP contribution in [0.25, 0.3) is 0 Å². The van der Waals surface area contributed by atoms with Crippen LogP contribution in [0, 0.1) is 12.3 Å². The first kappa shape index (κ1) is 13.1. The van der Waals surface area contributed by atoms with E-state index in [2.05, 4.69) is 43.0 Å². The van der Waals surface area contributed by atoms with Gasteiger partial charge in [0.2, 0.25) is 0 Å². The minimum Gasteiger partial charge on any atom is -0.481 e. The zero-order valence-electron chi connectivity index (χ0n) is 11.3. The van der Waals surface area contributed by atoms with Crippen molar-refractivity contribution >= 4 is 5.97 Å². The van der Waals surface area contributed by atoms with Gasteiger partial charge in [0.25, 0.3) is 0 Å². The molecule has 0 radical (unpaired) electrons. The molecule has 2 atom stereocenters. The van der Waals surface area contributed by atoms with E-state index in [4.69, 9.17) is 0 Å². The highest BCUT2D eigenvalue weighted by Crippen LogP contribution is 2.35. The van der Waals surface area contributed by atoms with Crippen LogP contribution in [0.4, 0.5) is 0 Å². The maximum absolute atomic E-state index is 11.3. The fourth-order valence-corrected chi connectivity index (χ4v) is 2.64. The average Bonchev–Trinajstić information content (AvgIpc) is 2.72. The lowest BCUT2D eigenvalue weighted by molar-refractivity contribution is -0.147. The van der Waals surface area contributed by atoms with E-state index in [-0.39, 0.29) is 6.04 Å². The van der Waals surface area contributed by atoms with Gasteiger partial charge in [-0.05, 0) is 39.3 Å². The van der Waals surface area contributed by atoms with Gasteiger partial charge in [0.1, 0.15) is 0 Å². The zero-order chi connectivity index (χ0) is 13.3. The third-order valence-corrected chi connectivity index (χ3v) is 4.09. The van der Waals surface area contributed by atoms with Crippen molar-refractivity contribution in [3.8, 4) is 0 Å². The van der Waals surface area contributed by atoms with Gasteiger partial charge in [0, 0.05) is 12.6 Å². The molecule has 2 unspecified atom stereocenters. The second-order valence-corrected chi connectivity index (χ2v) is 5.68. The van der Waals surface area contributed by atoms with Crippen LogP contribution in [0.2, 0.25) is 0 Å². The minimum atomic E-state index is -0.679. The van der Waals surface area contributed by atoms with Crippen LogP contribution in [0.3, 0.4) is 0 Å². The SMILES string of the molecule is Cc1cccc(C(C)N2CCC(C)(C(=O)O)C2)c1. The monoisotopic (exact) mass is 247 g/mol. The van der Waals surface area contributed by atoms with Crippen molar-refractivity contribution in [1.82, 2.24) is 4.90 Å². The van der Waals surface area contributed by atoms with Crippen LogP contribution in [-0.4, -0.2) is 29.1 Å². The highest BCUT2D eigenvalue weighted by Gasteiger charge is 2.41. The minimum absolute atomic E-state index is 0.283. The van der Waals surface area contributed by atoms with Gasteiger partial charge in [-0.1, -0.05) is 29.8 Å². The van der Waals surface area contributed by atoms with Crippen molar-refractivity contribution < 1.29 is 9.90 Å². The Morgan fingerprint density at radius 1 is 1.50 bits per heavy atom. The van der Waals surface area contributed by atoms with Crippen molar-refractivity contribution in [3.05, 3.63) is 35.4 Å². The molecule has 1 saturated heterocycles. The van der Waals surface area contributed by atoms with Gasteiger partial charge in [-0.15, -0.1) is 0 Å². The Morgan fingerprint density at radius 2 is 2.22 bits per heavy atom. The fraction of sp³-hybridized carbons (Fsp3) is 0.533. The molecular formula is C15H21NO2. The van der Waals surface area contributed by atoms with Gasteiger partial charge in [-0.25, -0.2) is 0 Å². The number of likely N-dealkylation sites (tertiary alicyclic amines) is 1. The van der Waals surface area contributed by atoms with Gasteiger partial charge in [0.05, 0.1) is 5.41 Å². The van der Waals surface area contributed by atoms with Gasteiger partial charge in [-0.3, -0.25) is 9.69 Å². The topological polar surface area (TPSA) is 40.5 Å². The molecule has 1 aromatic carbocycles. The predicted octanol–water partition coefficient (Wildman–Crippen LogP) is 2.85. The third kappa shape index (κ3) is 2.41. The first-order valence-corrected chi connectivity index (χ1v) is 6.46. The Balaban J connectivity index is 2.12. The van der Waals surface area contributed by atoms with Crippen LogP contribution in [-0.2, 0) is 4.79 Å². The number of carbonyl (C=O) groups is 1. The van der Waals surface area contributed by atoms with Crippen LogP contribution in [0.5, 0.6) is 0 Å². The van der Waals surface area contributed by atoms with E-state index in [1.807, 2.05) is 6.92 Å². The standard InChI is InChI=1S/C15H21NO2/c1-11-5-4-6-13(9-11)12(2)16-8-7-15(3,10-16)14(17)18/h4-6,9,12H,7-8,10H2,1-3H3,(H,17,18). The van der Waals surface area contributed by atoms with Crippen molar-refractivity contribution in [2.24, 2.45) is 5.41 Å². The summed E-state index contributed by atoms with van der Waals surface area (Å²) < 4.78 is 0. The molecule has 0 aliphatic carbocycles. The molecule has 3 heteroatoms. The Bertz CT molecular complexity index is 458. The van der Waals surface area contributed by atoms with E-state index < -0.39 is 11.4 Å². The number of aryl methyl sites for hydroxylation is 1. The highest BCUT2D eigenvalue weighted by molar-refractivity contribution is 5.74. The summed E-state index contributed by atoms with van der Waals surface area (Å²) in [5.41, 5.74) is 1.93. The van der Waals surface area contributed by atoms with Gasteiger partial charge >= 0.3 is 5.97 Å². The Morgan fingerprint density at radius 3 is 2.78 bits per heavy atom. The molecule has 1 heterocycles. The molecule has 1 aromatic rings. The molecule has 0 bridgehead atoms. The van der Waals surface area contributed by atoms with Crippen molar-refractivity contribution in [1.29, 1.82) is 0 Å². The first-order valence-electron chi connectivity index (χ1n) is 6.46. The number of aliphatic carboxylic acids is 1. The summed E-state index contributed by atoms with van der Waals surface area (Å²) in [6.45, 7) is 7.58. The molecule has 0 aromatic heterocycles.